The molecule has 0 bridgehead atoms. The lowest BCUT2D eigenvalue weighted by molar-refractivity contribution is 0.332. The SMILES string of the molecule is CCCCC1(N)CCCc2ccc(OC)cc21. The van der Waals surface area contributed by atoms with E-state index in [1.807, 2.05) is 6.07 Å². The van der Waals surface area contributed by atoms with Gasteiger partial charge in [0.05, 0.1) is 7.11 Å². The molecule has 1 atom stereocenters. The molecule has 94 valence electrons. The molecule has 1 aliphatic carbocycles. The van der Waals surface area contributed by atoms with Gasteiger partial charge in [-0.2, -0.15) is 0 Å². The number of methoxy groups -OCH3 is 1. The lowest BCUT2D eigenvalue weighted by Crippen LogP contribution is -2.40. The molecule has 0 fully saturated rings. The van der Waals surface area contributed by atoms with E-state index >= 15 is 0 Å². The van der Waals surface area contributed by atoms with Gasteiger partial charge >= 0.3 is 0 Å². The van der Waals surface area contributed by atoms with Gasteiger partial charge < -0.3 is 10.5 Å². The second-order valence-electron chi connectivity index (χ2n) is 5.14. The fourth-order valence-electron chi connectivity index (χ4n) is 2.84. The Morgan fingerprint density at radius 1 is 1.41 bits per heavy atom. The summed E-state index contributed by atoms with van der Waals surface area (Å²) in [6.45, 7) is 2.22. The summed E-state index contributed by atoms with van der Waals surface area (Å²) < 4.78 is 5.32. The maximum absolute atomic E-state index is 6.62. The van der Waals surface area contributed by atoms with Crippen LogP contribution in [0.3, 0.4) is 0 Å². The Hall–Kier alpha value is -1.02. The molecule has 0 aromatic heterocycles. The minimum atomic E-state index is -0.127. The summed E-state index contributed by atoms with van der Waals surface area (Å²) in [6.07, 6.45) is 6.96. The Morgan fingerprint density at radius 2 is 2.24 bits per heavy atom. The third-order valence-electron chi connectivity index (χ3n) is 3.90. The molecule has 1 aromatic carbocycles. The van der Waals surface area contributed by atoms with Gasteiger partial charge in [-0.3, -0.25) is 0 Å². The standard InChI is InChI=1S/C15H23NO/c1-3-4-9-15(16)10-5-6-12-7-8-13(17-2)11-14(12)15/h7-8,11H,3-6,9-10,16H2,1-2H3. The molecule has 1 unspecified atom stereocenters. The summed E-state index contributed by atoms with van der Waals surface area (Å²) >= 11 is 0. The number of benzene rings is 1. The minimum Gasteiger partial charge on any atom is -0.497 e. The number of nitrogens with two attached hydrogens (primary N) is 1. The average molecular weight is 233 g/mol. The van der Waals surface area contributed by atoms with Crippen molar-refractivity contribution in [1.29, 1.82) is 0 Å². The fraction of sp³-hybridized carbons (Fsp3) is 0.600. The number of aryl methyl sites for hydroxylation is 1. The van der Waals surface area contributed by atoms with E-state index in [-0.39, 0.29) is 5.54 Å². The third kappa shape index (κ3) is 2.47. The molecular formula is C15H23NO. The van der Waals surface area contributed by atoms with Gasteiger partial charge in [-0.05, 0) is 48.9 Å². The van der Waals surface area contributed by atoms with Crippen molar-refractivity contribution in [3.8, 4) is 5.75 Å². The fourth-order valence-corrected chi connectivity index (χ4v) is 2.84. The van der Waals surface area contributed by atoms with Gasteiger partial charge in [-0.1, -0.05) is 25.8 Å². The molecule has 1 aliphatic rings. The second-order valence-corrected chi connectivity index (χ2v) is 5.14. The molecule has 0 saturated heterocycles. The van der Waals surface area contributed by atoms with Crippen LogP contribution in [0, 0.1) is 0 Å². The molecule has 2 nitrogen and oxygen atoms in total. The van der Waals surface area contributed by atoms with Gasteiger partial charge in [0.2, 0.25) is 0 Å². The van der Waals surface area contributed by atoms with E-state index in [0.717, 1.165) is 25.0 Å². The summed E-state index contributed by atoms with van der Waals surface area (Å²) in [4.78, 5) is 0. The van der Waals surface area contributed by atoms with Crippen molar-refractivity contribution in [3.05, 3.63) is 29.3 Å². The molecular weight excluding hydrogens is 210 g/mol. The maximum Gasteiger partial charge on any atom is 0.119 e. The minimum absolute atomic E-state index is 0.127. The van der Waals surface area contributed by atoms with E-state index in [2.05, 4.69) is 19.1 Å². The first-order chi connectivity index (χ1) is 8.19. The van der Waals surface area contributed by atoms with E-state index in [0.29, 0.717) is 0 Å². The van der Waals surface area contributed by atoms with Crippen molar-refractivity contribution in [2.75, 3.05) is 7.11 Å². The summed E-state index contributed by atoms with van der Waals surface area (Å²) in [6, 6.07) is 6.37. The summed E-state index contributed by atoms with van der Waals surface area (Å²) in [5, 5.41) is 0. The van der Waals surface area contributed by atoms with Crippen LogP contribution in [0.15, 0.2) is 18.2 Å². The monoisotopic (exact) mass is 233 g/mol. The number of rotatable bonds is 4. The largest absolute Gasteiger partial charge is 0.497 e. The highest BCUT2D eigenvalue weighted by Gasteiger charge is 2.32. The van der Waals surface area contributed by atoms with Crippen molar-refractivity contribution in [2.45, 2.75) is 51.0 Å². The third-order valence-corrected chi connectivity index (χ3v) is 3.90. The van der Waals surface area contributed by atoms with E-state index in [1.165, 1.54) is 30.4 Å². The van der Waals surface area contributed by atoms with Crippen LogP contribution in [-0.4, -0.2) is 7.11 Å². The Kier molecular flexibility index (Phi) is 3.72. The van der Waals surface area contributed by atoms with Crippen molar-refractivity contribution in [1.82, 2.24) is 0 Å². The number of hydrogen-bond acceptors (Lipinski definition) is 2. The van der Waals surface area contributed by atoms with E-state index in [9.17, 15) is 0 Å². The van der Waals surface area contributed by atoms with Crippen LogP contribution in [0.4, 0.5) is 0 Å². The zero-order valence-corrected chi connectivity index (χ0v) is 11.0. The van der Waals surface area contributed by atoms with Gasteiger partial charge in [0.15, 0.2) is 0 Å². The zero-order valence-electron chi connectivity index (χ0n) is 11.0. The first kappa shape index (κ1) is 12.4. The molecule has 17 heavy (non-hydrogen) atoms. The smallest absolute Gasteiger partial charge is 0.119 e. The van der Waals surface area contributed by atoms with Crippen LogP contribution in [0.5, 0.6) is 5.75 Å². The van der Waals surface area contributed by atoms with Gasteiger partial charge in [-0.25, -0.2) is 0 Å². The molecule has 2 heteroatoms. The van der Waals surface area contributed by atoms with Crippen LogP contribution in [0.25, 0.3) is 0 Å². The van der Waals surface area contributed by atoms with Crippen LogP contribution >= 0.6 is 0 Å². The van der Waals surface area contributed by atoms with Crippen LogP contribution in [0.2, 0.25) is 0 Å². The molecule has 0 amide bonds. The van der Waals surface area contributed by atoms with Gasteiger partial charge in [0.25, 0.3) is 0 Å². The van der Waals surface area contributed by atoms with Crippen molar-refractivity contribution in [2.24, 2.45) is 5.73 Å². The Morgan fingerprint density at radius 3 is 2.94 bits per heavy atom. The predicted octanol–water partition coefficient (Wildman–Crippen LogP) is 3.38. The van der Waals surface area contributed by atoms with E-state index in [4.69, 9.17) is 10.5 Å². The second kappa shape index (κ2) is 5.09. The first-order valence-electron chi connectivity index (χ1n) is 6.66. The lowest BCUT2D eigenvalue weighted by atomic mass is 9.74. The summed E-state index contributed by atoms with van der Waals surface area (Å²) in [7, 11) is 1.72. The van der Waals surface area contributed by atoms with Gasteiger partial charge in [-0.15, -0.1) is 0 Å². The van der Waals surface area contributed by atoms with Gasteiger partial charge in [0.1, 0.15) is 5.75 Å². The predicted molar refractivity (Wildman–Crippen MR) is 71.3 cm³/mol. The number of hydrogen-bond donors (Lipinski definition) is 1. The molecule has 0 spiro atoms. The molecule has 2 N–H and O–H groups in total. The molecule has 0 aliphatic heterocycles. The van der Waals surface area contributed by atoms with E-state index < -0.39 is 0 Å². The normalized spacial score (nSPS) is 23.2. The lowest BCUT2D eigenvalue weighted by Gasteiger charge is -2.36. The zero-order chi connectivity index (χ0) is 12.3. The topological polar surface area (TPSA) is 35.2 Å². The first-order valence-corrected chi connectivity index (χ1v) is 6.66. The van der Waals surface area contributed by atoms with Crippen LogP contribution in [-0.2, 0) is 12.0 Å². The van der Waals surface area contributed by atoms with Crippen molar-refractivity contribution in [3.63, 3.8) is 0 Å². The van der Waals surface area contributed by atoms with Crippen molar-refractivity contribution >= 4 is 0 Å². The molecule has 0 heterocycles. The molecule has 0 saturated carbocycles. The number of ether oxygens (including phenoxy) is 1. The Balaban J connectivity index is 2.34. The summed E-state index contributed by atoms with van der Waals surface area (Å²) in [5.41, 5.74) is 9.23. The van der Waals surface area contributed by atoms with Crippen molar-refractivity contribution < 1.29 is 4.74 Å². The number of unbranched alkanes of at least 4 members (excludes halogenated alkanes) is 1. The number of fused-ring (bicyclic) bond motifs is 1. The molecule has 0 radical (unpaired) electrons. The highest BCUT2D eigenvalue weighted by atomic mass is 16.5. The highest BCUT2D eigenvalue weighted by molar-refractivity contribution is 5.41. The van der Waals surface area contributed by atoms with Gasteiger partial charge in [0, 0.05) is 5.54 Å². The van der Waals surface area contributed by atoms with Crippen LogP contribution < -0.4 is 10.5 Å². The average Bonchev–Trinajstić information content (AvgIpc) is 2.37. The Bertz CT molecular complexity index is 389. The molecule has 1 aromatic rings. The maximum atomic E-state index is 6.62. The quantitative estimate of drug-likeness (QED) is 0.865. The Labute approximate surface area is 104 Å². The van der Waals surface area contributed by atoms with Crippen LogP contribution in [0.1, 0.15) is 50.2 Å². The molecule has 2 rings (SSSR count). The summed E-state index contributed by atoms with van der Waals surface area (Å²) in [5.74, 6) is 0.928. The van der Waals surface area contributed by atoms with E-state index in [1.54, 1.807) is 7.11 Å². The highest BCUT2D eigenvalue weighted by Crippen LogP contribution is 2.38.